The minimum Gasteiger partial charge on any atom is -0.472 e. The number of nitrogens with zero attached hydrogens (tertiary/aromatic N) is 3. The van der Waals surface area contributed by atoms with E-state index in [0.717, 1.165) is 28.4 Å². The summed E-state index contributed by atoms with van der Waals surface area (Å²) < 4.78 is 7.15. The Labute approximate surface area is 167 Å². The van der Waals surface area contributed by atoms with Crippen LogP contribution in [0.15, 0.2) is 65.9 Å². The fourth-order valence-corrected chi connectivity index (χ4v) is 2.49. The Morgan fingerprint density at radius 2 is 1.79 bits per heavy atom. The lowest BCUT2D eigenvalue weighted by Gasteiger charge is -2.08. The van der Waals surface area contributed by atoms with Crippen LogP contribution >= 0.6 is 0 Å². The van der Waals surface area contributed by atoms with Gasteiger partial charge in [-0.25, -0.2) is 9.97 Å². The van der Waals surface area contributed by atoms with Crippen molar-refractivity contribution in [3.05, 3.63) is 67.0 Å². The molecule has 0 radical (unpaired) electrons. The molecular weight excluding hydrogens is 348 g/mol. The number of hydrogen-bond acceptors (Lipinski definition) is 4. The summed E-state index contributed by atoms with van der Waals surface area (Å²) in [5.41, 5.74) is 4.92. The molecular formula is C23H30N4O. The van der Waals surface area contributed by atoms with E-state index in [1.165, 1.54) is 18.4 Å². The molecule has 28 heavy (non-hydrogen) atoms. The maximum atomic E-state index is 5.15. The Morgan fingerprint density at radius 3 is 2.43 bits per heavy atom. The lowest BCUT2D eigenvalue weighted by molar-refractivity contribution is 0.568. The van der Waals surface area contributed by atoms with Gasteiger partial charge in [-0.05, 0) is 30.7 Å². The molecule has 3 aromatic heterocycles. The third-order valence-corrected chi connectivity index (χ3v) is 3.53. The molecule has 0 atom stereocenters. The standard InChI is InChI=1S/C17H14N4O.2C3H8/c1-12-3-2-4-14(9-12)20-16-17-19-10-15(13-5-8-22-11-13)21(17)7-6-18-16;2*1-3-2/h2-11H,1H3,(H,18,20);2*3H2,1-2H3. The highest BCUT2D eigenvalue weighted by atomic mass is 16.3. The van der Waals surface area contributed by atoms with Gasteiger partial charge in [0.2, 0.25) is 0 Å². The molecule has 4 rings (SSSR count). The molecule has 0 spiro atoms. The van der Waals surface area contributed by atoms with Crippen LogP contribution in [-0.2, 0) is 0 Å². The van der Waals surface area contributed by atoms with Gasteiger partial charge in [0.25, 0.3) is 0 Å². The van der Waals surface area contributed by atoms with Crippen LogP contribution in [-0.4, -0.2) is 14.4 Å². The Morgan fingerprint density at radius 1 is 1.04 bits per heavy atom. The molecule has 0 saturated carbocycles. The molecule has 0 fully saturated rings. The average molecular weight is 379 g/mol. The van der Waals surface area contributed by atoms with Crippen LogP contribution in [0.4, 0.5) is 11.5 Å². The molecule has 0 amide bonds. The summed E-state index contributed by atoms with van der Waals surface area (Å²) in [7, 11) is 0. The highest BCUT2D eigenvalue weighted by Gasteiger charge is 2.11. The minimum atomic E-state index is 0.725. The van der Waals surface area contributed by atoms with Crippen LogP contribution in [0.1, 0.15) is 46.1 Å². The van der Waals surface area contributed by atoms with Crippen molar-refractivity contribution < 1.29 is 4.42 Å². The van der Waals surface area contributed by atoms with Crippen molar-refractivity contribution in [3.8, 4) is 11.3 Å². The summed E-state index contributed by atoms with van der Waals surface area (Å²) in [6.45, 7) is 10.6. The highest BCUT2D eigenvalue weighted by molar-refractivity contribution is 5.74. The van der Waals surface area contributed by atoms with E-state index in [9.17, 15) is 0 Å². The van der Waals surface area contributed by atoms with Crippen LogP contribution in [0.3, 0.4) is 0 Å². The smallest absolute Gasteiger partial charge is 0.180 e. The number of anilines is 2. The maximum absolute atomic E-state index is 5.15. The largest absolute Gasteiger partial charge is 0.472 e. The van der Waals surface area contributed by atoms with Gasteiger partial charge in [0, 0.05) is 23.6 Å². The average Bonchev–Trinajstić information content (AvgIpc) is 3.33. The normalized spacial score (nSPS) is 9.89. The molecule has 4 aromatic rings. The molecule has 0 aliphatic heterocycles. The molecule has 0 saturated heterocycles. The van der Waals surface area contributed by atoms with Crippen LogP contribution < -0.4 is 5.32 Å². The van der Waals surface area contributed by atoms with Crippen LogP contribution in [0.2, 0.25) is 0 Å². The van der Waals surface area contributed by atoms with Crippen molar-refractivity contribution in [3.63, 3.8) is 0 Å². The number of nitrogens with one attached hydrogen (secondary N) is 1. The maximum Gasteiger partial charge on any atom is 0.180 e. The molecule has 148 valence electrons. The zero-order valence-electron chi connectivity index (χ0n) is 17.4. The second kappa shape index (κ2) is 10.9. The van der Waals surface area contributed by atoms with Gasteiger partial charge in [0.15, 0.2) is 11.5 Å². The minimum absolute atomic E-state index is 0.725. The van der Waals surface area contributed by atoms with Crippen LogP contribution in [0, 0.1) is 6.92 Å². The summed E-state index contributed by atoms with van der Waals surface area (Å²) in [4.78, 5) is 8.90. The predicted octanol–water partition coefficient (Wildman–Crippen LogP) is 6.87. The van der Waals surface area contributed by atoms with Crippen LogP contribution in [0.5, 0.6) is 0 Å². The van der Waals surface area contributed by atoms with Gasteiger partial charge in [0.05, 0.1) is 24.4 Å². The van der Waals surface area contributed by atoms with E-state index >= 15 is 0 Å². The zero-order valence-corrected chi connectivity index (χ0v) is 17.4. The van der Waals surface area contributed by atoms with E-state index < -0.39 is 0 Å². The number of fused-ring (bicyclic) bond motifs is 1. The van der Waals surface area contributed by atoms with Crippen molar-refractivity contribution in [2.24, 2.45) is 0 Å². The Balaban J connectivity index is 0.000000418. The van der Waals surface area contributed by atoms with Gasteiger partial charge in [-0.1, -0.05) is 52.7 Å². The number of imidazole rings is 1. The summed E-state index contributed by atoms with van der Waals surface area (Å²) in [6.07, 6.45) is 11.3. The molecule has 1 aromatic carbocycles. The van der Waals surface area contributed by atoms with Gasteiger partial charge in [-0.15, -0.1) is 0 Å². The van der Waals surface area contributed by atoms with E-state index in [0.29, 0.717) is 0 Å². The fourth-order valence-electron chi connectivity index (χ4n) is 2.49. The molecule has 5 nitrogen and oxygen atoms in total. The van der Waals surface area contributed by atoms with E-state index in [1.54, 1.807) is 18.7 Å². The van der Waals surface area contributed by atoms with E-state index in [2.05, 4.69) is 62.0 Å². The first-order valence-electron chi connectivity index (χ1n) is 9.82. The van der Waals surface area contributed by atoms with Gasteiger partial charge < -0.3 is 9.73 Å². The van der Waals surface area contributed by atoms with Crippen molar-refractivity contribution in [2.75, 3.05) is 5.32 Å². The quantitative estimate of drug-likeness (QED) is 0.422. The second-order valence-corrected chi connectivity index (χ2v) is 6.53. The molecule has 5 heteroatoms. The first-order valence-corrected chi connectivity index (χ1v) is 9.82. The third kappa shape index (κ3) is 5.46. The highest BCUT2D eigenvalue weighted by Crippen LogP contribution is 2.25. The Kier molecular flexibility index (Phi) is 8.28. The SMILES string of the molecule is CCC.CCC.Cc1cccc(Nc2nccn3c(-c4ccoc4)cnc23)c1. The molecule has 0 aliphatic carbocycles. The predicted molar refractivity (Wildman–Crippen MR) is 117 cm³/mol. The zero-order chi connectivity index (χ0) is 20.4. The van der Waals surface area contributed by atoms with Crippen LogP contribution in [0.25, 0.3) is 16.9 Å². The lowest BCUT2D eigenvalue weighted by Crippen LogP contribution is -1.98. The first-order chi connectivity index (χ1) is 13.6. The number of furan rings is 1. The van der Waals surface area contributed by atoms with Crippen molar-refractivity contribution in [1.82, 2.24) is 14.4 Å². The van der Waals surface area contributed by atoms with Crippen molar-refractivity contribution in [2.45, 2.75) is 47.5 Å². The number of benzene rings is 1. The van der Waals surface area contributed by atoms with E-state index in [1.807, 2.05) is 35.0 Å². The summed E-state index contributed by atoms with van der Waals surface area (Å²) >= 11 is 0. The van der Waals surface area contributed by atoms with Crippen molar-refractivity contribution >= 4 is 17.2 Å². The van der Waals surface area contributed by atoms with Gasteiger partial charge in [-0.3, -0.25) is 4.40 Å². The Hall–Kier alpha value is -3.08. The molecule has 3 heterocycles. The van der Waals surface area contributed by atoms with E-state index in [-0.39, 0.29) is 0 Å². The molecule has 0 bridgehead atoms. The number of rotatable bonds is 3. The van der Waals surface area contributed by atoms with Gasteiger partial charge >= 0.3 is 0 Å². The fraction of sp³-hybridized carbons (Fsp3) is 0.304. The number of aromatic nitrogens is 3. The van der Waals surface area contributed by atoms with Gasteiger partial charge in [-0.2, -0.15) is 0 Å². The van der Waals surface area contributed by atoms with E-state index in [4.69, 9.17) is 4.42 Å². The lowest BCUT2D eigenvalue weighted by atomic mass is 10.2. The monoisotopic (exact) mass is 378 g/mol. The summed E-state index contributed by atoms with van der Waals surface area (Å²) in [5, 5.41) is 3.33. The first kappa shape index (κ1) is 21.2. The summed E-state index contributed by atoms with van der Waals surface area (Å²) in [6, 6.07) is 10.1. The molecule has 1 N–H and O–H groups in total. The molecule has 0 aliphatic rings. The Bertz CT molecular complexity index is 956. The summed E-state index contributed by atoms with van der Waals surface area (Å²) in [5.74, 6) is 0.725. The second-order valence-electron chi connectivity index (χ2n) is 6.53. The van der Waals surface area contributed by atoms with Crippen molar-refractivity contribution in [1.29, 1.82) is 0 Å². The van der Waals surface area contributed by atoms with Gasteiger partial charge in [0.1, 0.15) is 0 Å². The topological polar surface area (TPSA) is 55.4 Å². The number of hydrogen-bond donors (Lipinski definition) is 1. The third-order valence-electron chi connectivity index (χ3n) is 3.53. The number of aryl methyl sites for hydroxylation is 1. The molecule has 0 unspecified atom stereocenters.